The molecule has 0 aliphatic rings. The van der Waals surface area contributed by atoms with E-state index in [-0.39, 0.29) is 18.3 Å². The Morgan fingerprint density at radius 2 is 1.92 bits per heavy atom. The Kier molecular flexibility index (Phi) is 7.95. The highest BCUT2D eigenvalue weighted by atomic mass is 35.5. The predicted octanol–water partition coefficient (Wildman–Crippen LogP) is 4.44. The summed E-state index contributed by atoms with van der Waals surface area (Å²) >= 11 is 1.68. The van der Waals surface area contributed by atoms with E-state index in [0.717, 1.165) is 5.75 Å². The first-order valence-electron chi connectivity index (χ1n) is 7.43. The molecule has 0 bridgehead atoms. The first-order chi connectivity index (χ1) is 11.0. The SMILES string of the molecule is COc1ccc(N)c(NC(=O)CCSc2ccc(C)c(C)c2)c1.Cl. The Bertz CT molecular complexity index is 707. The molecule has 1 amide bonds. The van der Waals surface area contributed by atoms with Crippen molar-refractivity contribution in [1.29, 1.82) is 0 Å². The smallest absolute Gasteiger partial charge is 0.225 e. The maximum absolute atomic E-state index is 12.1. The second-order valence-corrected chi connectivity index (χ2v) is 6.51. The van der Waals surface area contributed by atoms with Crippen LogP contribution in [0.3, 0.4) is 0 Å². The molecule has 4 nitrogen and oxygen atoms in total. The molecule has 0 saturated carbocycles. The zero-order valence-electron chi connectivity index (χ0n) is 14.1. The van der Waals surface area contributed by atoms with Crippen molar-refractivity contribution in [2.45, 2.75) is 25.2 Å². The Hall–Kier alpha value is -1.85. The fourth-order valence-electron chi connectivity index (χ4n) is 2.05. The summed E-state index contributed by atoms with van der Waals surface area (Å²) in [6.45, 7) is 4.19. The van der Waals surface area contributed by atoms with Crippen molar-refractivity contribution in [3.8, 4) is 5.75 Å². The summed E-state index contributed by atoms with van der Waals surface area (Å²) in [7, 11) is 1.58. The van der Waals surface area contributed by atoms with Crippen LogP contribution in [0.15, 0.2) is 41.3 Å². The second kappa shape index (κ2) is 9.45. The van der Waals surface area contributed by atoms with Gasteiger partial charge < -0.3 is 15.8 Å². The minimum Gasteiger partial charge on any atom is -0.497 e. The van der Waals surface area contributed by atoms with Crippen LogP contribution < -0.4 is 15.8 Å². The quantitative estimate of drug-likeness (QED) is 0.586. The summed E-state index contributed by atoms with van der Waals surface area (Å²) < 4.78 is 5.14. The van der Waals surface area contributed by atoms with Crippen LogP contribution >= 0.6 is 24.2 Å². The van der Waals surface area contributed by atoms with Crippen molar-refractivity contribution in [3.63, 3.8) is 0 Å². The number of nitrogens with one attached hydrogen (secondary N) is 1. The number of thioether (sulfide) groups is 1. The summed E-state index contributed by atoms with van der Waals surface area (Å²) in [6, 6.07) is 11.6. The van der Waals surface area contributed by atoms with E-state index in [0.29, 0.717) is 23.5 Å². The maximum atomic E-state index is 12.1. The minimum atomic E-state index is -0.0544. The molecule has 0 radical (unpaired) electrons. The van der Waals surface area contributed by atoms with Crippen LogP contribution in [0.2, 0.25) is 0 Å². The van der Waals surface area contributed by atoms with Crippen molar-refractivity contribution in [1.82, 2.24) is 0 Å². The summed E-state index contributed by atoms with van der Waals surface area (Å²) in [5.41, 5.74) is 9.53. The highest BCUT2D eigenvalue weighted by Gasteiger charge is 2.07. The largest absolute Gasteiger partial charge is 0.497 e. The highest BCUT2D eigenvalue weighted by Crippen LogP contribution is 2.25. The normalized spacial score (nSPS) is 9.96. The van der Waals surface area contributed by atoms with Gasteiger partial charge in [0.2, 0.25) is 5.91 Å². The monoisotopic (exact) mass is 366 g/mol. The highest BCUT2D eigenvalue weighted by molar-refractivity contribution is 7.99. The molecule has 3 N–H and O–H groups in total. The number of ether oxygens (including phenoxy) is 1. The van der Waals surface area contributed by atoms with Gasteiger partial charge >= 0.3 is 0 Å². The van der Waals surface area contributed by atoms with Gasteiger partial charge in [0.05, 0.1) is 18.5 Å². The van der Waals surface area contributed by atoms with E-state index < -0.39 is 0 Å². The van der Waals surface area contributed by atoms with Crippen LogP contribution in [-0.4, -0.2) is 18.8 Å². The van der Waals surface area contributed by atoms with Gasteiger partial charge in [-0.05, 0) is 49.2 Å². The molecule has 0 saturated heterocycles. The number of carbonyl (C=O) groups excluding carboxylic acids is 1. The second-order valence-electron chi connectivity index (χ2n) is 5.35. The molecule has 0 atom stereocenters. The Balaban J connectivity index is 0.00000288. The van der Waals surface area contributed by atoms with Gasteiger partial charge in [-0.2, -0.15) is 0 Å². The molecule has 0 aliphatic carbocycles. The van der Waals surface area contributed by atoms with Crippen LogP contribution in [-0.2, 0) is 4.79 Å². The third-order valence-corrected chi connectivity index (χ3v) is 4.61. The van der Waals surface area contributed by atoms with E-state index in [1.54, 1.807) is 37.1 Å². The van der Waals surface area contributed by atoms with E-state index in [4.69, 9.17) is 10.5 Å². The lowest BCUT2D eigenvalue weighted by atomic mass is 10.1. The zero-order chi connectivity index (χ0) is 16.8. The maximum Gasteiger partial charge on any atom is 0.225 e. The number of methoxy groups -OCH3 is 1. The van der Waals surface area contributed by atoms with Crippen LogP contribution in [0, 0.1) is 13.8 Å². The number of nitrogens with two attached hydrogens (primary N) is 1. The predicted molar refractivity (Wildman–Crippen MR) is 105 cm³/mol. The van der Waals surface area contributed by atoms with Crippen LogP contribution in [0.25, 0.3) is 0 Å². The number of nitrogen functional groups attached to an aromatic ring is 1. The van der Waals surface area contributed by atoms with Crippen LogP contribution in [0.5, 0.6) is 5.75 Å². The van der Waals surface area contributed by atoms with Crippen molar-refractivity contribution in [3.05, 3.63) is 47.5 Å². The molecule has 2 aromatic carbocycles. The third-order valence-electron chi connectivity index (χ3n) is 3.61. The number of aryl methyl sites for hydroxylation is 2. The van der Waals surface area contributed by atoms with Crippen molar-refractivity contribution >= 4 is 41.5 Å². The fourth-order valence-corrected chi connectivity index (χ4v) is 3.00. The van der Waals surface area contributed by atoms with E-state index >= 15 is 0 Å². The van der Waals surface area contributed by atoms with E-state index in [9.17, 15) is 4.79 Å². The molecule has 0 aromatic heterocycles. The lowest BCUT2D eigenvalue weighted by Crippen LogP contribution is -2.13. The lowest BCUT2D eigenvalue weighted by molar-refractivity contribution is -0.115. The molecule has 2 aromatic rings. The van der Waals surface area contributed by atoms with Crippen molar-refractivity contribution in [2.75, 3.05) is 23.9 Å². The van der Waals surface area contributed by atoms with Crippen molar-refractivity contribution < 1.29 is 9.53 Å². The summed E-state index contributed by atoms with van der Waals surface area (Å²) in [4.78, 5) is 13.2. The van der Waals surface area contributed by atoms with E-state index in [1.165, 1.54) is 16.0 Å². The zero-order valence-corrected chi connectivity index (χ0v) is 15.7. The molecule has 24 heavy (non-hydrogen) atoms. The Morgan fingerprint density at radius 1 is 1.17 bits per heavy atom. The average molecular weight is 367 g/mol. The number of halogens is 1. The fraction of sp³-hybridized carbons (Fsp3) is 0.278. The number of anilines is 2. The van der Waals surface area contributed by atoms with Gasteiger partial charge in [0.25, 0.3) is 0 Å². The Labute approximate surface area is 153 Å². The number of benzene rings is 2. The summed E-state index contributed by atoms with van der Waals surface area (Å²) in [5.74, 6) is 1.33. The first-order valence-corrected chi connectivity index (χ1v) is 8.41. The molecule has 2 rings (SSSR count). The molecule has 0 fully saturated rings. The van der Waals surface area contributed by atoms with Gasteiger partial charge in [-0.25, -0.2) is 0 Å². The third kappa shape index (κ3) is 5.65. The van der Waals surface area contributed by atoms with Gasteiger partial charge in [0, 0.05) is 23.1 Å². The van der Waals surface area contributed by atoms with E-state index in [1.807, 2.05) is 0 Å². The Morgan fingerprint density at radius 3 is 2.58 bits per heavy atom. The van der Waals surface area contributed by atoms with Gasteiger partial charge in [-0.3, -0.25) is 4.79 Å². The topological polar surface area (TPSA) is 64.3 Å². The lowest BCUT2D eigenvalue weighted by Gasteiger charge is -2.10. The minimum absolute atomic E-state index is 0. The van der Waals surface area contributed by atoms with Crippen LogP contribution in [0.4, 0.5) is 11.4 Å². The molecule has 6 heteroatoms. The summed E-state index contributed by atoms with van der Waals surface area (Å²) in [5, 5.41) is 2.83. The molecule has 0 unspecified atom stereocenters. The average Bonchev–Trinajstić information content (AvgIpc) is 2.53. The number of rotatable bonds is 6. The molecule has 0 spiro atoms. The number of amides is 1. The molecule has 130 valence electrons. The number of hydrogen-bond donors (Lipinski definition) is 2. The number of hydrogen-bond acceptors (Lipinski definition) is 4. The molecule has 0 heterocycles. The molecule has 0 aliphatic heterocycles. The van der Waals surface area contributed by atoms with Gasteiger partial charge in [-0.1, -0.05) is 6.07 Å². The standard InChI is InChI=1S/C18H22N2O2S.ClH/c1-12-4-6-15(10-13(12)2)23-9-8-18(21)20-17-11-14(22-3)5-7-16(17)19;/h4-7,10-11H,8-9,19H2,1-3H3,(H,20,21);1H. The summed E-state index contributed by atoms with van der Waals surface area (Å²) in [6.07, 6.45) is 0.425. The van der Waals surface area contributed by atoms with Gasteiger partial charge in [0.15, 0.2) is 0 Å². The van der Waals surface area contributed by atoms with Gasteiger partial charge in [0.1, 0.15) is 5.75 Å². The van der Waals surface area contributed by atoms with E-state index in [2.05, 4.69) is 37.4 Å². The van der Waals surface area contributed by atoms with Gasteiger partial charge in [-0.15, -0.1) is 24.2 Å². The number of carbonyl (C=O) groups is 1. The molecular formula is C18H23ClN2O2S. The first kappa shape index (κ1) is 20.2. The van der Waals surface area contributed by atoms with Crippen LogP contribution in [0.1, 0.15) is 17.5 Å². The van der Waals surface area contributed by atoms with Crippen molar-refractivity contribution in [2.24, 2.45) is 0 Å². The molecular weight excluding hydrogens is 344 g/mol.